The van der Waals surface area contributed by atoms with Crippen molar-refractivity contribution in [2.75, 3.05) is 5.32 Å². The molecular formula is C23H22F3N5OS. The highest BCUT2D eigenvalue weighted by Gasteiger charge is 2.30. The topological polar surface area (TPSA) is 72.7 Å². The number of imidazole rings is 1. The molecule has 3 aromatic heterocycles. The molecular weight excluding hydrogens is 451 g/mol. The van der Waals surface area contributed by atoms with E-state index in [9.17, 15) is 18.0 Å². The zero-order valence-corrected chi connectivity index (χ0v) is 19.0. The molecule has 0 aliphatic carbocycles. The second kappa shape index (κ2) is 8.93. The average molecular weight is 474 g/mol. The number of carbonyl (C=O) groups is 1. The Kier molecular flexibility index (Phi) is 6.20. The number of carbonyl (C=O) groups excluding carboxylic acids is 1. The van der Waals surface area contributed by atoms with Crippen LogP contribution in [0.25, 0.3) is 11.0 Å². The first-order chi connectivity index (χ1) is 15.6. The minimum atomic E-state index is -4.37. The largest absolute Gasteiger partial charge is 0.416 e. The van der Waals surface area contributed by atoms with Crippen LogP contribution in [0, 0.1) is 0 Å². The molecule has 6 nitrogen and oxygen atoms in total. The van der Waals surface area contributed by atoms with Gasteiger partial charge in [-0.1, -0.05) is 6.92 Å². The summed E-state index contributed by atoms with van der Waals surface area (Å²) in [6.45, 7) is 6.03. The lowest BCUT2D eigenvalue weighted by atomic mass is 10.0. The SMILES string of the molecule is CC(CC(=O)c1cc2c(cn1)ncn2C(C)C)c1cnc(Nc2ccc(C(F)(F)F)cc2)s1. The predicted octanol–water partition coefficient (Wildman–Crippen LogP) is 6.61. The Morgan fingerprint density at radius 1 is 1.09 bits per heavy atom. The van der Waals surface area contributed by atoms with Gasteiger partial charge in [0.25, 0.3) is 0 Å². The summed E-state index contributed by atoms with van der Waals surface area (Å²) in [6, 6.07) is 6.76. The van der Waals surface area contributed by atoms with Gasteiger partial charge in [-0.3, -0.25) is 9.78 Å². The fourth-order valence-corrected chi connectivity index (χ4v) is 4.30. The molecule has 3 heterocycles. The van der Waals surface area contributed by atoms with Crippen LogP contribution in [-0.2, 0) is 6.18 Å². The highest BCUT2D eigenvalue weighted by atomic mass is 32.1. The smallest absolute Gasteiger partial charge is 0.332 e. The Labute approximate surface area is 192 Å². The number of nitrogens with one attached hydrogen (secondary N) is 1. The van der Waals surface area contributed by atoms with E-state index in [4.69, 9.17) is 0 Å². The number of fused-ring (bicyclic) bond motifs is 1. The van der Waals surface area contributed by atoms with Gasteiger partial charge in [0.05, 0.1) is 23.6 Å². The highest BCUT2D eigenvalue weighted by Crippen LogP contribution is 2.33. The lowest BCUT2D eigenvalue weighted by Crippen LogP contribution is -2.07. The van der Waals surface area contributed by atoms with Gasteiger partial charge in [-0.15, -0.1) is 11.3 Å². The Balaban J connectivity index is 1.43. The standard InChI is InChI=1S/C23H22F3N5OS/c1-13(2)31-12-29-18-10-27-17(9-19(18)31)20(32)8-14(3)21-11-28-22(33-21)30-16-6-4-15(5-7-16)23(24,25)26/h4-7,9-14H,8H2,1-3H3,(H,28,30). The van der Waals surface area contributed by atoms with Gasteiger partial charge in [-0.05, 0) is 50.1 Å². The summed E-state index contributed by atoms with van der Waals surface area (Å²) in [5.41, 5.74) is 1.81. The quantitative estimate of drug-likeness (QED) is 0.306. The van der Waals surface area contributed by atoms with Gasteiger partial charge in [0, 0.05) is 29.2 Å². The molecule has 10 heteroatoms. The Morgan fingerprint density at radius 3 is 2.48 bits per heavy atom. The van der Waals surface area contributed by atoms with Crippen molar-refractivity contribution < 1.29 is 18.0 Å². The molecule has 4 aromatic rings. The Morgan fingerprint density at radius 2 is 1.82 bits per heavy atom. The molecule has 0 radical (unpaired) electrons. The number of ketones is 1. The third-order valence-corrected chi connectivity index (χ3v) is 6.41. The highest BCUT2D eigenvalue weighted by molar-refractivity contribution is 7.15. The number of Topliss-reactive ketones (excluding diaryl/α,β-unsaturated/α-hetero) is 1. The van der Waals surface area contributed by atoms with Crippen LogP contribution in [0.1, 0.15) is 60.1 Å². The van der Waals surface area contributed by atoms with E-state index < -0.39 is 11.7 Å². The molecule has 33 heavy (non-hydrogen) atoms. The third kappa shape index (κ3) is 5.05. The van der Waals surface area contributed by atoms with E-state index in [-0.39, 0.29) is 24.2 Å². The van der Waals surface area contributed by atoms with Crippen molar-refractivity contribution in [3.8, 4) is 0 Å². The van der Waals surface area contributed by atoms with E-state index in [1.54, 1.807) is 24.8 Å². The predicted molar refractivity (Wildman–Crippen MR) is 122 cm³/mol. The Hall–Kier alpha value is -3.27. The molecule has 1 atom stereocenters. The van der Waals surface area contributed by atoms with Gasteiger partial charge < -0.3 is 9.88 Å². The molecule has 0 aliphatic heterocycles. The lowest BCUT2D eigenvalue weighted by molar-refractivity contribution is -0.137. The first kappa shape index (κ1) is 22.9. The summed E-state index contributed by atoms with van der Waals surface area (Å²) >= 11 is 1.36. The summed E-state index contributed by atoms with van der Waals surface area (Å²) in [5, 5.41) is 3.56. The van der Waals surface area contributed by atoms with Crippen LogP contribution < -0.4 is 5.32 Å². The maximum atomic E-state index is 12.9. The summed E-state index contributed by atoms with van der Waals surface area (Å²) < 4.78 is 40.1. The normalized spacial score (nSPS) is 12.9. The number of aromatic nitrogens is 4. The van der Waals surface area contributed by atoms with Crippen molar-refractivity contribution in [3.05, 3.63) is 65.2 Å². The summed E-state index contributed by atoms with van der Waals surface area (Å²) in [4.78, 5) is 26.7. The molecule has 1 unspecified atom stereocenters. The van der Waals surface area contributed by atoms with Gasteiger partial charge in [-0.2, -0.15) is 13.2 Å². The molecule has 1 aromatic carbocycles. The first-order valence-electron chi connectivity index (χ1n) is 10.4. The van der Waals surface area contributed by atoms with E-state index in [1.807, 2.05) is 25.3 Å². The van der Waals surface area contributed by atoms with Crippen LogP contribution in [0.2, 0.25) is 0 Å². The zero-order valence-electron chi connectivity index (χ0n) is 18.2. The van der Waals surface area contributed by atoms with E-state index in [2.05, 4.69) is 20.3 Å². The zero-order chi connectivity index (χ0) is 23.8. The number of pyridine rings is 1. The van der Waals surface area contributed by atoms with Crippen molar-refractivity contribution in [1.82, 2.24) is 19.5 Å². The van der Waals surface area contributed by atoms with Gasteiger partial charge in [-0.25, -0.2) is 9.97 Å². The number of hydrogen-bond acceptors (Lipinski definition) is 6. The molecule has 0 aliphatic rings. The number of alkyl halides is 3. The van der Waals surface area contributed by atoms with Crippen LogP contribution >= 0.6 is 11.3 Å². The van der Waals surface area contributed by atoms with Gasteiger partial charge in [0.2, 0.25) is 0 Å². The van der Waals surface area contributed by atoms with E-state index in [1.165, 1.54) is 23.5 Å². The molecule has 0 saturated heterocycles. The molecule has 0 bridgehead atoms. The molecule has 0 amide bonds. The van der Waals surface area contributed by atoms with Crippen molar-refractivity contribution in [2.45, 2.75) is 45.3 Å². The van der Waals surface area contributed by atoms with Crippen LogP contribution in [0.3, 0.4) is 0 Å². The minimum Gasteiger partial charge on any atom is -0.332 e. The fraction of sp³-hybridized carbons (Fsp3) is 0.304. The van der Waals surface area contributed by atoms with E-state index >= 15 is 0 Å². The number of anilines is 2. The molecule has 172 valence electrons. The maximum absolute atomic E-state index is 12.9. The maximum Gasteiger partial charge on any atom is 0.416 e. The number of hydrogen-bond donors (Lipinski definition) is 1. The lowest BCUT2D eigenvalue weighted by Gasteiger charge is -2.10. The van der Waals surface area contributed by atoms with Gasteiger partial charge in [0.15, 0.2) is 10.9 Å². The molecule has 1 N–H and O–H groups in total. The van der Waals surface area contributed by atoms with Crippen molar-refractivity contribution >= 4 is 39.0 Å². The van der Waals surface area contributed by atoms with Crippen molar-refractivity contribution in [1.29, 1.82) is 0 Å². The fourth-order valence-electron chi connectivity index (χ4n) is 3.42. The summed E-state index contributed by atoms with van der Waals surface area (Å²) in [5.74, 6) is -0.169. The first-order valence-corrected chi connectivity index (χ1v) is 11.2. The molecule has 4 rings (SSSR count). The van der Waals surface area contributed by atoms with Crippen LogP contribution in [-0.4, -0.2) is 25.3 Å². The van der Waals surface area contributed by atoms with Gasteiger partial charge in [0.1, 0.15) is 11.2 Å². The third-order valence-electron chi connectivity index (χ3n) is 5.27. The molecule has 0 spiro atoms. The van der Waals surface area contributed by atoms with Crippen molar-refractivity contribution in [2.24, 2.45) is 0 Å². The number of rotatable bonds is 7. The second-order valence-corrected chi connectivity index (χ2v) is 9.16. The average Bonchev–Trinajstić information content (AvgIpc) is 3.40. The summed E-state index contributed by atoms with van der Waals surface area (Å²) in [6.07, 6.45) is 0.930. The monoisotopic (exact) mass is 473 g/mol. The van der Waals surface area contributed by atoms with Crippen molar-refractivity contribution in [3.63, 3.8) is 0 Å². The number of nitrogens with zero attached hydrogens (tertiary/aromatic N) is 4. The number of halogens is 3. The van der Waals surface area contributed by atoms with Gasteiger partial charge >= 0.3 is 6.18 Å². The molecule has 0 saturated carbocycles. The summed E-state index contributed by atoms with van der Waals surface area (Å²) in [7, 11) is 0. The van der Waals surface area contributed by atoms with Crippen LogP contribution in [0.15, 0.2) is 49.1 Å². The van der Waals surface area contributed by atoms with Crippen LogP contribution in [0.4, 0.5) is 24.0 Å². The minimum absolute atomic E-state index is 0.0773. The molecule has 0 fully saturated rings. The number of thiazole rings is 1. The van der Waals surface area contributed by atoms with Crippen LogP contribution in [0.5, 0.6) is 0 Å². The number of benzene rings is 1. The van der Waals surface area contributed by atoms with E-state index in [0.717, 1.165) is 28.0 Å². The second-order valence-electron chi connectivity index (χ2n) is 8.10. The Bertz CT molecular complexity index is 1280. The van der Waals surface area contributed by atoms with E-state index in [0.29, 0.717) is 16.5 Å².